The highest BCUT2D eigenvalue weighted by atomic mass is 16.6. The van der Waals surface area contributed by atoms with Crippen molar-refractivity contribution in [2.45, 2.75) is 19.4 Å². The molecule has 1 fully saturated rings. The molecule has 1 aliphatic heterocycles. The number of ketones is 1. The minimum atomic E-state index is -0.676. The lowest BCUT2D eigenvalue weighted by Gasteiger charge is -2.29. The standard InChI is InChI=1S/C13H12N2O3/c1-9(16)10-3-2-4-11(7-10)15-6-5-12(8-14)18-13(15)17/h2-4,7,12H,5-6H2,1H3. The Bertz CT molecular complexity index is 533. The number of Topliss-reactive ketones (excluding diaryl/α,β-unsaturated/α-hetero) is 1. The minimum absolute atomic E-state index is 0.0582. The third-order valence-corrected chi connectivity index (χ3v) is 2.79. The highest BCUT2D eigenvalue weighted by Crippen LogP contribution is 2.22. The molecular formula is C13H12N2O3. The summed E-state index contributed by atoms with van der Waals surface area (Å²) < 4.78 is 4.94. The van der Waals surface area contributed by atoms with Crippen molar-refractivity contribution in [3.63, 3.8) is 0 Å². The van der Waals surface area contributed by atoms with Gasteiger partial charge in [0.15, 0.2) is 11.9 Å². The summed E-state index contributed by atoms with van der Waals surface area (Å²) in [5.74, 6) is -0.0582. The molecule has 0 saturated carbocycles. The predicted octanol–water partition coefficient (Wildman–Crippen LogP) is 2.13. The van der Waals surface area contributed by atoms with Crippen molar-refractivity contribution in [1.29, 1.82) is 5.26 Å². The summed E-state index contributed by atoms with van der Waals surface area (Å²) in [4.78, 5) is 24.4. The number of rotatable bonds is 2. The van der Waals surface area contributed by atoms with Crippen LogP contribution in [0.3, 0.4) is 0 Å². The highest BCUT2D eigenvalue weighted by Gasteiger charge is 2.28. The molecule has 1 heterocycles. The van der Waals surface area contributed by atoms with E-state index in [2.05, 4.69) is 0 Å². The molecule has 1 aliphatic rings. The number of nitriles is 1. The highest BCUT2D eigenvalue weighted by molar-refractivity contribution is 5.96. The van der Waals surface area contributed by atoms with Gasteiger partial charge in [0.25, 0.3) is 0 Å². The monoisotopic (exact) mass is 244 g/mol. The summed E-state index contributed by atoms with van der Waals surface area (Å²) in [5.41, 5.74) is 1.16. The second-order valence-electron chi connectivity index (χ2n) is 4.05. The van der Waals surface area contributed by atoms with Crippen LogP contribution in [0.15, 0.2) is 24.3 Å². The van der Waals surface area contributed by atoms with E-state index >= 15 is 0 Å². The average Bonchev–Trinajstić information content (AvgIpc) is 2.38. The van der Waals surface area contributed by atoms with Crippen LogP contribution in [0, 0.1) is 11.3 Å². The molecule has 0 aliphatic carbocycles. The molecule has 5 heteroatoms. The quantitative estimate of drug-likeness (QED) is 0.747. The van der Waals surface area contributed by atoms with Crippen LogP contribution < -0.4 is 4.90 Å². The second kappa shape index (κ2) is 4.88. The van der Waals surface area contributed by atoms with Gasteiger partial charge < -0.3 is 4.74 Å². The van der Waals surface area contributed by atoms with Gasteiger partial charge >= 0.3 is 6.09 Å². The van der Waals surface area contributed by atoms with Gasteiger partial charge in [0, 0.05) is 24.2 Å². The first-order chi connectivity index (χ1) is 8.61. The zero-order chi connectivity index (χ0) is 13.1. The van der Waals surface area contributed by atoms with E-state index in [0.717, 1.165) is 0 Å². The summed E-state index contributed by atoms with van der Waals surface area (Å²) in [5, 5.41) is 8.69. The zero-order valence-corrected chi connectivity index (χ0v) is 9.92. The fourth-order valence-electron chi connectivity index (χ4n) is 1.80. The molecular weight excluding hydrogens is 232 g/mol. The van der Waals surface area contributed by atoms with Crippen LogP contribution in [0.25, 0.3) is 0 Å². The molecule has 0 spiro atoms. The molecule has 0 radical (unpaired) electrons. The molecule has 5 nitrogen and oxygen atoms in total. The maximum atomic E-state index is 11.7. The first-order valence-electron chi connectivity index (χ1n) is 5.60. The van der Waals surface area contributed by atoms with Gasteiger partial charge in [-0.15, -0.1) is 0 Å². The molecule has 1 aromatic rings. The van der Waals surface area contributed by atoms with Gasteiger partial charge in [-0.05, 0) is 19.1 Å². The van der Waals surface area contributed by atoms with E-state index < -0.39 is 12.2 Å². The van der Waals surface area contributed by atoms with Gasteiger partial charge in [-0.2, -0.15) is 5.26 Å². The lowest BCUT2D eigenvalue weighted by atomic mass is 10.1. The van der Waals surface area contributed by atoms with E-state index in [1.807, 2.05) is 6.07 Å². The second-order valence-corrected chi connectivity index (χ2v) is 4.05. The fourth-order valence-corrected chi connectivity index (χ4v) is 1.80. The normalized spacial score (nSPS) is 19.0. The molecule has 1 atom stereocenters. The number of benzene rings is 1. The van der Waals surface area contributed by atoms with Crippen LogP contribution in [-0.4, -0.2) is 24.5 Å². The lowest BCUT2D eigenvalue weighted by molar-refractivity contribution is 0.101. The maximum Gasteiger partial charge on any atom is 0.415 e. The Morgan fingerprint density at radius 1 is 1.56 bits per heavy atom. The first kappa shape index (κ1) is 12.1. The van der Waals surface area contributed by atoms with Gasteiger partial charge in [-0.1, -0.05) is 12.1 Å². The molecule has 1 amide bonds. The zero-order valence-electron chi connectivity index (χ0n) is 9.92. The van der Waals surface area contributed by atoms with E-state index in [-0.39, 0.29) is 5.78 Å². The average molecular weight is 244 g/mol. The molecule has 1 aromatic carbocycles. The number of anilines is 1. The Hall–Kier alpha value is -2.35. The third kappa shape index (κ3) is 2.33. The predicted molar refractivity (Wildman–Crippen MR) is 64.3 cm³/mol. The number of carbonyl (C=O) groups excluding carboxylic acids is 2. The smallest absolute Gasteiger partial charge is 0.415 e. The van der Waals surface area contributed by atoms with Crippen molar-refractivity contribution < 1.29 is 14.3 Å². The summed E-state index contributed by atoms with van der Waals surface area (Å²) in [6.07, 6.45) is -0.759. The first-order valence-corrected chi connectivity index (χ1v) is 5.60. The van der Waals surface area contributed by atoms with E-state index in [4.69, 9.17) is 10.00 Å². The van der Waals surface area contributed by atoms with Crippen LogP contribution in [0.4, 0.5) is 10.5 Å². The number of carbonyl (C=O) groups is 2. The minimum Gasteiger partial charge on any atom is -0.430 e. The topological polar surface area (TPSA) is 70.4 Å². The van der Waals surface area contributed by atoms with Crippen LogP contribution in [0.1, 0.15) is 23.7 Å². The van der Waals surface area contributed by atoms with Gasteiger partial charge in [0.05, 0.1) is 0 Å². The molecule has 1 saturated heterocycles. The largest absolute Gasteiger partial charge is 0.430 e. The number of amides is 1. The van der Waals surface area contributed by atoms with Crippen molar-refractivity contribution in [2.75, 3.05) is 11.4 Å². The number of hydrogen-bond acceptors (Lipinski definition) is 4. The SMILES string of the molecule is CC(=O)c1cccc(N2CCC(C#N)OC2=O)c1. The summed E-state index contributed by atoms with van der Waals surface area (Å²) >= 11 is 0. The van der Waals surface area contributed by atoms with Gasteiger partial charge in [0.1, 0.15) is 6.07 Å². The van der Waals surface area contributed by atoms with Crippen molar-refractivity contribution in [3.8, 4) is 6.07 Å². The summed E-state index contributed by atoms with van der Waals surface area (Å²) in [6.45, 7) is 1.89. The Labute approximate surface area is 105 Å². The summed E-state index contributed by atoms with van der Waals surface area (Å²) in [7, 11) is 0. The van der Waals surface area contributed by atoms with Crippen LogP contribution >= 0.6 is 0 Å². The van der Waals surface area contributed by atoms with Crippen molar-refractivity contribution in [3.05, 3.63) is 29.8 Å². The Morgan fingerprint density at radius 2 is 2.33 bits per heavy atom. The molecule has 18 heavy (non-hydrogen) atoms. The molecule has 0 N–H and O–H groups in total. The van der Waals surface area contributed by atoms with Crippen LogP contribution in [-0.2, 0) is 4.74 Å². The Morgan fingerprint density at radius 3 is 2.94 bits per heavy atom. The van der Waals surface area contributed by atoms with Gasteiger partial charge in [0.2, 0.25) is 0 Å². The number of nitrogens with zero attached hydrogens (tertiary/aromatic N) is 2. The van der Waals surface area contributed by atoms with Gasteiger partial charge in [-0.3, -0.25) is 9.69 Å². The van der Waals surface area contributed by atoms with E-state index in [1.54, 1.807) is 24.3 Å². The number of cyclic esters (lactones) is 1. The Kier molecular flexibility index (Phi) is 3.28. The fraction of sp³-hybridized carbons (Fsp3) is 0.308. The van der Waals surface area contributed by atoms with E-state index in [1.165, 1.54) is 11.8 Å². The van der Waals surface area contributed by atoms with Crippen molar-refractivity contribution in [1.82, 2.24) is 0 Å². The summed E-state index contributed by atoms with van der Waals surface area (Å²) in [6, 6.07) is 8.71. The van der Waals surface area contributed by atoms with E-state index in [0.29, 0.717) is 24.2 Å². The van der Waals surface area contributed by atoms with Crippen LogP contribution in [0.2, 0.25) is 0 Å². The Balaban J connectivity index is 2.22. The number of ether oxygens (including phenoxy) is 1. The van der Waals surface area contributed by atoms with Crippen molar-refractivity contribution in [2.24, 2.45) is 0 Å². The van der Waals surface area contributed by atoms with Crippen LogP contribution in [0.5, 0.6) is 0 Å². The lowest BCUT2D eigenvalue weighted by Crippen LogP contribution is -2.41. The molecule has 92 valence electrons. The molecule has 1 unspecified atom stereocenters. The molecule has 0 aromatic heterocycles. The number of hydrogen-bond donors (Lipinski definition) is 0. The third-order valence-electron chi connectivity index (χ3n) is 2.79. The molecule has 2 rings (SSSR count). The van der Waals surface area contributed by atoms with E-state index in [9.17, 15) is 9.59 Å². The molecule has 0 bridgehead atoms. The van der Waals surface area contributed by atoms with Gasteiger partial charge in [-0.25, -0.2) is 4.79 Å². The maximum absolute atomic E-state index is 11.7. The van der Waals surface area contributed by atoms with Crippen molar-refractivity contribution >= 4 is 17.6 Å².